The van der Waals surface area contributed by atoms with E-state index in [1.807, 2.05) is 0 Å². The third-order valence-electron chi connectivity index (χ3n) is 7.03. The number of ether oxygens (including phenoxy) is 1. The van der Waals surface area contributed by atoms with E-state index in [1.165, 1.54) is 15.3 Å². The maximum Gasteiger partial charge on any atom is 0.330 e. The summed E-state index contributed by atoms with van der Waals surface area (Å²) in [6.07, 6.45) is 2.79. The lowest BCUT2D eigenvalue weighted by Crippen LogP contribution is -2.60. The minimum Gasteiger partial charge on any atom is -0.464 e. The van der Waals surface area contributed by atoms with Crippen LogP contribution in [-0.4, -0.2) is 73.7 Å². The number of esters is 1. The quantitative estimate of drug-likeness (QED) is 0.314. The molecule has 2 N–H and O–H groups in total. The highest BCUT2D eigenvalue weighted by atomic mass is 35.5. The van der Waals surface area contributed by atoms with Crippen molar-refractivity contribution in [3.63, 3.8) is 0 Å². The molecule has 4 rings (SSSR count). The molecule has 0 aromatic heterocycles. The lowest BCUT2D eigenvalue weighted by atomic mass is 9.85. The van der Waals surface area contributed by atoms with E-state index in [4.69, 9.17) is 22.1 Å². The second-order valence-corrected chi connectivity index (χ2v) is 12.0. The number of aliphatic imine (C=N–C) groups is 1. The zero-order valence-electron chi connectivity index (χ0n) is 21.5. The summed E-state index contributed by atoms with van der Waals surface area (Å²) in [4.78, 5) is 32.4. The van der Waals surface area contributed by atoms with Gasteiger partial charge in [0.15, 0.2) is 0 Å². The van der Waals surface area contributed by atoms with Gasteiger partial charge in [0.05, 0.1) is 23.4 Å². The Morgan fingerprint density at radius 1 is 1.08 bits per heavy atom. The van der Waals surface area contributed by atoms with Crippen LogP contribution in [0.4, 0.5) is 0 Å². The number of nitrogens with two attached hydrogens (primary N) is 1. The van der Waals surface area contributed by atoms with Crippen LogP contribution in [0.3, 0.4) is 0 Å². The molecule has 1 amide bonds. The number of piperazine rings is 1. The van der Waals surface area contributed by atoms with Crippen LogP contribution in [-0.2, 0) is 24.3 Å². The number of nitrogens with zero attached hydrogens (tertiary/aromatic N) is 3. The van der Waals surface area contributed by atoms with Gasteiger partial charge in [-0.25, -0.2) is 13.2 Å². The molecule has 9 nitrogen and oxygen atoms in total. The Hall–Kier alpha value is -2.40. The van der Waals surface area contributed by atoms with Crippen molar-refractivity contribution < 1.29 is 22.7 Å². The number of carbonyl (C=O) groups is 2. The normalized spacial score (nSPS) is 23.1. The molecule has 2 aliphatic rings. The number of fused-ring (bicyclic) bond motifs is 1. The summed E-state index contributed by atoms with van der Waals surface area (Å²) in [5, 5.41) is 2.14. The number of rotatable bonds is 6. The van der Waals surface area contributed by atoms with Crippen molar-refractivity contribution in [2.24, 2.45) is 16.6 Å². The molecule has 1 saturated heterocycles. The zero-order chi connectivity index (χ0) is 26.7. The number of halogens is 2. The van der Waals surface area contributed by atoms with Crippen LogP contribution in [0.25, 0.3) is 10.8 Å². The van der Waals surface area contributed by atoms with Crippen LogP contribution in [0.2, 0.25) is 5.02 Å². The number of amidine groups is 1. The molecule has 1 atom stereocenters. The van der Waals surface area contributed by atoms with Crippen molar-refractivity contribution in [1.29, 1.82) is 0 Å². The minimum absolute atomic E-state index is 0. The summed E-state index contributed by atoms with van der Waals surface area (Å²) in [7, 11) is -3.91. The molecule has 2 aromatic carbocycles. The van der Waals surface area contributed by atoms with Gasteiger partial charge in [0.25, 0.3) is 0 Å². The molecular weight excluding hydrogens is 551 g/mol. The van der Waals surface area contributed by atoms with Crippen molar-refractivity contribution in [3.05, 3.63) is 41.4 Å². The Morgan fingerprint density at radius 2 is 1.74 bits per heavy atom. The Morgan fingerprint density at radius 3 is 2.39 bits per heavy atom. The highest BCUT2D eigenvalue weighted by Gasteiger charge is 2.42. The van der Waals surface area contributed by atoms with E-state index in [1.54, 1.807) is 44.2 Å². The van der Waals surface area contributed by atoms with Gasteiger partial charge >= 0.3 is 5.97 Å². The van der Waals surface area contributed by atoms with Gasteiger partial charge in [0, 0.05) is 30.6 Å². The van der Waals surface area contributed by atoms with E-state index in [2.05, 4.69) is 4.99 Å². The molecular formula is C26H34Cl2N4O5S. The average molecular weight is 586 g/mol. The highest BCUT2D eigenvalue weighted by molar-refractivity contribution is 7.89. The number of benzene rings is 2. The second-order valence-electron chi connectivity index (χ2n) is 9.59. The van der Waals surface area contributed by atoms with Crippen LogP contribution in [0.15, 0.2) is 46.3 Å². The van der Waals surface area contributed by atoms with Gasteiger partial charge in [-0.05, 0) is 74.6 Å². The number of amides is 1. The molecule has 1 aliphatic carbocycles. The van der Waals surface area contributed by atoms with Crippen molar-refractivity contribution in [2.45, 2.75) is 56.5 Å². The lowest BCUT2D eigenvalue weighted by Gasteiger charge is -2.41. The Labute approximate surface area is 234 Å². The first-order chi connectivity index (χ1) is 17.6. The zero-order valence-corrected chi connectivity index (χ0v) is 23.9. The van der Waals surface area contributed by atoms with E-state index < -0.39 is 22.0 Å². The predicted molar refractivity (Wildman–Crippen MR) is 150 cm³/mol. The second kappa shape index (κ2) is 12.6. The fourth-order valence-corrected chi connectivity index (χ4v) is 6.81. The molecule has 0 spiro atoms. The van der Waals surface area contributed by atoms with E-state index in [0.717, 1.165) is 23.6 Å². The Kier molecular flexibility index (Phi) is 10.0. The van der Waals surface area contributed by atoms with Crippen LogP contribution in [0.5, 0.6) is 0 Å². The van der Waals surface area contributed by atoms with Crippen molar-refractivity contribution >= 4 is 62.5 Å². The van der Waals surface area contributed by atoms with Gasteiger partial charge in [-0.2, -0.15) is 4.31 Å². The highest BCUT2D eigenvalue weighted by Crippen LogP contribution is 2.31. The number of hydrogen-bond donors (Lipinski definition) is 1. The first-order valence-electron chi connectivity index (χ1n) is 12.6. The molecule has 38 heavy (non-hydrogen) atoms. The SMILES string of the molecule is CCOC(=O)C1CN(S(=O)(=O)c2ccc3cc(Cl)ccc3c2)CCN1C(=O)C1CCC(N=C(C)N)CC1.Cl. The predicted octanol–water partition coefficient (Wildman–Crippen LogP) is 3.62. The molecule has 208 valence electrons. The Balaban J connectivity index is 0.00000400. The number of hydrogen-bond acceptors (Lipinski definition) is 6. The lowest BCUT2D eigenvalue weighted by molar-refractivity contribution is -0.159. The molecule has 12 heteroatoms. The Bertz CT molecular complexity index is 1310. The van der Waals surface area contributed by atoms with E-state index >= 15 is 0 Å². The molecule has 0 bridgehead atoms. The van der Waals surface area contributed by atoms with Crippen molar-refractivity contribution in [2.75, 3.05) is 26.2 Å². The molecule has 1 aliphatic heterocycles. The summed E-state index contributed by atoms with van der Waals surface area (Å²) in [5.74, 6) is -0.438. The summed E-state index contributed by atoms with van der Waals surface area (Å²) < 4.78 is 33.6. The molecule has 2 fully saturated rings. The fourth-order valence-electron chi connectivity index (χ4n) is 5.16. The number of carbonyl (C=O) groups excluding carboxylic acids is 2. The third-order valence-corrected chi connectivity index (χ3v) is 9.12. The first-order valence-corrected chi connectivity index (χ1v) is 14.4. The topological polar surface area (TPSA) is 122 Å². The molecule has 2 aromatic rings. The van der Waals surface area contributed by atoms with Gasteiger partial charge in [-0.3, -0.25) is 9.79 Å². The van der Waals surface area contributed by atoms with E-state index in [9.17, 15) is 18.0 Å². The maximum absolute atomic E-state index is 13.5. The molecule has 1 unspecified atom stereocenters. The van der Waals surface area contributed by atoms with Gasteiger partial charge in [0.1, 0.15) is 6.04 Å². The van der Waals surface area contributed by atoms with Crippen LogP contribution in [0.1, 0.15) is 39.5 Å². The average Bonchev–Trinajstić information content (AvgIpc) is 2.87. The summed E-state index contributed by atoms with van der Waals surface area (Å²) in [5.41, 5.74) is 5.70. The summed E-state index contributed by atoms with van der Waals surface area (Å²) in [6, 6.07) is 9.19. The summed E-state index contributed by atoms with van der Waals surface area (Å²) >= 11 is 6.05. The number of sulfonamides is 1. The van der Waals surface area contributed by atoms with E-state index in [-0.39, 0.29) is 61.4 Å². The molecule has 1 saturated carbocycles. The van der Waals surface area contributed by atoms with Crippen LogP contribution >= 0.6 is 24.0 Å². The van der Waals surface area contributed by atoms with Crippen molar-refractivity contribution in [3.8, 4) is 0 Å². The third kappa shape index (κ3) is 6.59. The minimum atomic E-state index is -3.91. The fraction of sp³-hybridized carbons (Fsp3) is 0.500. The van der Waals surface area contributed by atoms with Crippen LogP contribution in [0, 0.1) is 5.92 Å². The smallest absolute Gasteiger partial charge is 0.330 e. The molecule has 1 heterocycles. The maximum atomic E-state index is 13.5. The van der Waals surface area contributed by atoms with Gasteiger partial charge in [-0.15, -0.1) is 12.4 Å². The monoisotopic (exact) mass is 584 g/mol. The summed E-state index contributed by atoms with van der Waals surface area (Å²) in [6.45, 7) is 3.63. The van der Waals surface area contributed by atoms with Gasteiger partial charge in [0.2, 0.25) is 15.9 Å². The van der Waals surface area contributed by atoms with E-state index in [0.29, 0.717) is 23.7 Å². The van der Waals surface area contributed by atoms with Crippen molar-refractivity contribution in [1.82, 2.24) is 9.21 Å². The largest absolute Gasteiger partial charge is 0.464 e. The standard InChI is InChI=1S/C26H33ClN4O5S.ClH/c1-3-36-26(33)24-16-30(37(34,35)23-11-7-19-14-21(27)8-4-20(19)15-23)12-13-31(24)25(32)18-5-9-22(10-6-18)29-17(2)28;/h4,7-8,11,14-15,18,22,24H,3,5-6,9-10,12-13,16H2,1-2H3,(H2,28,29);1H. The molecule has 0 radical (unpaired) electrons. The van der Waals surface area contributed by atoms with Gasteiger partial charge in [-0.1, -0.05) is 23.7 Å². The van der Waals surface area contributed by atoms with Crippen LogP contribution < -0.4 is 5.73 Å². The van der Waals surface area contributed by atoms with Gasteiger partial charge < -0.3 is 15.4 Å². The first kappa shape index (κ1) is 30.1.